The summed E-state index contributed by atoms with van der Waals surface area (Å²) in [6, 6.07) is 16.2. The van der Waals surface area contributed by atoms with Crippen molar-refractivity contribution in [3.05, 3.63) is 65.7 Å². The summed E-state index contributed by atoms with van der Waals surface area (Å²) in [4.78, 5) is 12.3. The molecule has 0 aliphatic carbocycles. The Morgan fingerprint density at radius 2 is 1.42 bits per heavy atom. The van der Waals surface area contributed by atoms with Gasteiger partial charge >= 0.3 is 29.6 Å². The van der Waals surface area contributed by atoms with Gasteiger partial charge in [-0.15, -0.1) is 0 Å². The second-order valence-electron chi connectivity index (χ2n) is 5.77. The van der Waals surface area contributed by atoms with Gasteiger partial charge in [0.25, 0.3) is 10.1 Å². The number of rotatable bonds is 10. The Hall–Kier alpha value is -1.18. The van der Waals surface area contributed by atoms with Gasteiger partial charge in [0.1, 0.15) is 5.75 Å². The van der Waals surface area contributed by atoms with Gasteiger partial charge in [0.2, 0.25) is 0 Å². The van der Waals surface area contributed by atoms with E-state index in [9.17, 15) is 13.2 Å². The van der Waals surface area contributed by atoms with E-state index in [4.69, 9.17) is 9.29 Å². The van der Waals surface area contributed by atoms with Crippen LogP contribution < -0.4 is 4.74 Å². The fourth-order valence-electron chi connectivity index (χ4n) is 2.39. The second-order valence-corrected chi connectivity index (χ2v) is 7.34. The number of ether oxygens (including phenoxy) is 1. The van der Waals surface area contributed by atoms with Crippen molar-refractivity contribution in [2.75, 3.05) is 12.4 Å². The molecule has 5 nitrogen and oxygen atoms in total. The first-order valence-electron chi connectivity index (χ1n) is 8.23. The van der Waals surface area contributed by atoms with Crippen LogP contribution in [-0.4, -0.2) is 60.7 Å². The molecule has 2 aromatic carbocycles. The third-order valence-corrected chi connectivity index (χ3v) is 4.52. The van der Waals surface area contributed by atoms with Crippen LogP contribution >= 0.6 is 0 Å². The number of hydrogen-bond donors (Lipinski definition) is 1. The number of unbranched alkanes of at least 4 members (excludes halogenated alkanes) is 3. The third-order valence-electron chi connectivity index (χ3n) is 3.72. The molecule has 2 rings (SSSR count). The molecule has 0 fully saturated rings. The molecular formula is C19H23NaO5S. The van der Waals surface area contributed by atoms with Crippen LogP contribution in [0, 0.1) is 0 Å². The fourth-order valence-corrected chi connectivity index (χ4v) is 2.96. The Morgan fingerprint density at radius 3 is 2.04 bits per heavy atom. The van der Waals surface area contributed by atoms with Gasteiger partial charge in [-0.25, -0.2) is 0 Å². The van der Waals surface area contributed by atoms with E-state index in [0.717, 1.165) is 19.3 Å². The van der Waals surface area contributed by atoms with Gasteiger partial charge in [-0.1, -0.05) is 43.2 Å². The number of carbonyl (C=O) groups excluding carboxylic acids is 1. The Morgan fingerprint density at radius 1 is 0.846 bits per heavy atom. The molecule has 0 atom stereocenters. The summed E-state index contributed by atoms with van der Waals surface area (Å²) in [5.74, 6) is 0.485. The van der Waals surface area contributed by atoms with Crippen molar-refractivity contribution >= 4 is 45.5 Å². The molecule has 0 saturated carbocycles. The van der Waals surface area contributed by atoms with Crippen molar-refractivity contribution in [2.45, 2.75) is 25.7 Å². The quantitative estimate of drug-likeness (QED) is 0.294. The first-order valence-corrected chi connectivity index (χ1v) is 9.84. The number of hydrogen-bond acceptors (Lipinski definition) is 4. The molecule has 1 N–H and O–H groups in total. The van der Waals surface area contributed by atoms with E-state index >= 15 is 0 Å². The summed E-state index contributed by atoms with van der Waals surface area (Å²) in [7, 11) is -3.85. The van der Waals surface area contributed by atoms with Crippen LogP contribution in [0.3, 0.4) is 0 Å². The van der Waals surface area contributed by atoms with Crippen molar-refractivity contribution in [1.29, 1.82) is 0 Å². The van der Waals surface area contributed by atoms with Crippen LogP contribution in [-0.2, 0) is 10.1 Å². The van der Waals surface area contributed by atoms with Crippen LogP contribution in [0.1, 0.15) is 41.6 Å². The zero-order valence-electron chi connectivity index (χ0n) is 13.9. The molecule has 0 bridgehead atoms. The van der Waals surface area contributed by atoms with E-state index in [2.05, 4.69) is 0 Å². The standard InChI is InChI=1S/C19H22O5S.Na.H/c20-19(16-8-4-3-5-9-16)17-10-12-18(13-11-17)24-14-6-1-2-7-15-25(21,22)23;;/h3-5,8-13H,1-2,6-7,14-15H2,(H,21,22,23);;. The molecular weight excluding hydrogens is 363 g/mol. The van der Waals surface area contributed by atoms with Crippen LogP contribution in [0.15, 0.2) is 54.6 Å². The average molecular weight is 386 g/mol. The Labute approximate surface area is 176 Å². The summed E-state index contributed by atoms with van der Waals surface area (Å²) < 4.78 is 35.4. The van der Waals surface area contributed by atoms with Crippen LogP contribution in [0.5, 0.6) is 5.75 Å². The minimum atomic E-state index is -3.85. The SMILES string of the molecule is O=C(c1ccccc1)c1ccc(OCCCCCCS(=O)(=O)O)cc1.[NaH]. The molecule has 2 aromatic rings. The van der Waals surface area contributed by atoms with Gasteiger partial charge in [0.05, 0.1) is 12.4 Å². The summed E-state index contributed by atoms with van der Waals surface area (Å²) in [6.45, 7) is 0.526. The molecule has 0 saturated heterocycles. The fraction of sp³-hybridized carbons (Fsp3) is 0.316. The minimum absolute atomic E-state index is 0. The summed E-state index contributed by atoms with van der Waals surface area (Å²) >= 11 is 0. The van der Waals surface area contributed by atoms with Gasteiger partial charge in [-0.05, 0) is 37.1 Å². The maximum absolute atomic E-state index is 12.3. The van der Waals surface area contributed by atoms with E-state index in [1.807, 2.05) is 18.2 Å². The second kappa shape index (κ2) is 11.5. The Bertz CT molecular complexity index is 773. The van der Waals surface area contributed by atoms with Gasteiger partial charge < -0.3 is 4.74 Å². The molecule has 0 radical (unpaired) electrons. The zero-order chi connectivity index (χ0) is 18.1. The molecule has 7 heteroatoms. The molecule has 0 heterocycles. The van der Waals surface area contributed by atoms with Crippen molar-refractivity contribution in [3.8, 4) is 5.75 Å². The number of benzene rings is 2. The maximum atomic E-state index is 12.3. The molecule has 0 unspecified atom stereocenters. The Balaban J connectivity index is 0.00000338. The van der Waals surface area contributed by atoms with Crippen LogP contribution in [0.2, 0.25) is 0 Å². The predicted octanol–water partition coefficient (Wildman–Crippen LogP) is 3.10. The van der Waals surface area contributed by atoms with Crippen molar-refractivity contribution in [2.24, 2.45) is 0 Å². The Kier molecular flexibility index (Phi) is 10.1. The molecule has 0 amide bonds. The average Bonchev–Trinajstić information content (AvgIpc) is 2.60. The summed E-state index contributed by atoms with van der Waals surface area (Å²) in [6.07, 6.45) is 2.82. The molecule has 0 aliphatic rings. The van der Waals surface area contributed by atoms with Crippen molar-refractivity contribution in [3.63, 3.8) is 0 Å². The van der Waals surface area contributed by atoms with Crippen molar-refractivity contribution < 1.29 is 22.5 Å². The normalized spacial score (nSPS) is 10.8. The topological polar surface area (TPSA) is 80.7 Å². The van der Waals surface area contributed by atoms with Gasteiger partial charge in [-0.3, -0.25) is 9.35 Å². The van der Waals surface area contributed by atoms with E-state index in [-0.39, 0.29) is 41.1 Å². The van der Waals surface area contributed by atoms with E-state index in [1.54, 1.807) is 36.4 Å². The molecule has 0 aliphatic heterocycles. The molecule has 0 spiro atoms. The summed E-state index contributed by atoms with van der Waals surface area (Å²) in [5, 5.41) is 0. The van der Waals surface area contributed by atoms with E-state index in [1.165, 1.54) is 0 Å². The molecule has 26 heavy (non-hydrogen) atoms. The monoisotopic (exact) mass is 386 g/mol. The first-order chi connectivity index (χ1) is 12.0. The number of carbonyl (C=O) groups is 1. The van der Waals surface area contributed by atoms with Crippen LogP contribution in [0.4, 0.5) is 0 Å². The zero-order valence-corrected chi connectivity index (χ0v) is 14.7. The first kappa shape index (κ1) is 22.9. The van der Waals surface area contributed by atoms with Gasteiger partial charge in [0, 0.05) is 11.1 Å². The van der Waals surface area contributed by atoms with Crippen molar-refractivity contribution in [1.82, 2.24) is 0 Å². The van der Waals surface area contributed by atoms with E-state index in [0.29, 0.717) is 29.9 Å². The molecule has 0 aromatic heterocycles. The molecule has 136 valence electrons. The van der Waals surface area contributed by atoms with Gasteiger partial charge in [0.15, 0.2) is 5.78 Å². The van der Waals surface area contributed by atoms with Gasteiger partial charge in [-0.2, -0.15) is 8.42 Å². The third kappa shape index (κ3) is 8.47. The summed E-state index contributed by atoms with van der Waals surface area (Å²) in [5.41, 5.74) is 1.27. The van der Waals surface area contributed by atoms with E-state index < -0.39 is 10.1 Å². The number of ketones is 1. The van der Waals surface area contributed by atoms with Crippen LogP contribution in [0.25, 0.3) is 0 Å². The predicted molar refractivity (Wildman–Crippen MR) is 104 cm³/mol.